The van der Waals surface area contributed by atoms with Crippen LogP contribution in [-0.4, -0.2) is 27.8 Å². The molecule has 0 aliphatic heterocycles. The molecule has 1 amide bonds. The number of aromatic nitrogens is 2. The molecule has 1 aromatic heterocycles. The van der Waals surface area contributed by atoms with E-state index in [0.717, 1.165) is 35.5 Å². The lowest BCUT2D eigenvalue weighted by molar-refractivity contribution is -0.122. The van der Waals surface area contributed by atoms with Crippen molar-refractivity contribution in [1.82, 2.24) is 15.1 Å². The van der Waals surface area contributed by atoms with E-state index in [0.29, 0.717) is 18.0 Å². The average Bonchev–Trinajstić information content (AvgIpc) is 2.88. The summed E-state index contributed by atoms with van der Waals surface area (Å²) in [5.41, 5.74) is 9.24. The Hall–Kier alpha value is -1.85. The minimum Gasteiger partial charge on any atom is -0.349 e. The van der Waals surface area contributed by atoms with E-state index in [1.807, 2.05) is 56.6 Å². The molecule has 0 fully saturated rings. The average molecular weight is 363 g/mol. The van der Waals surface area contributed by atoms with Crippen LogP contribution in [-0.2, 0) is 11.2 Å². The van der Waals surface area contributed by atoms with Crippen LogP contribution in [0.25, 0.3) is 5.69 Å². The summed E-state index contributed by atoms with van der Waals surface area (Å²) in [6.07, 6.45) is 1.93. The predicted octanol–water partition coefficient (Wildman–Crippen LogP) is 3.32. The van der Waals surface area contributed by atoms with Gasteiger partial charge in [0.05, 0.1) is 23.3 Å². The van der Waals surface area contributed by atoms with Crippen LogP contribution in [0.15, 0.2) is 24.3 Å². The van der Waals surface area contributed by atoms with Gasteiger partial charge in [-0.05, 0) is 51.0 Å². The summed E-state index contributed by atoms with van der Waals surface area (Å²) in [5, 5.41) is 8.39. The van der Waals surface area contributed by atoms with Gasteiger partial charge in [0.1, 0.15) is 0 Å². The van der Waals surface area contributed by atoms with Crippen LogP contribution in [0, 0.1) is 13.8 Å². The Morgan fingerprint density at radius 2 is 1.84 bits per heavy atom. The number of nitrogens with two attached hydrogens (primary N) is 1. The fourth-order valence-electron chi connectivity index (χ4n) is 3.03. The molecule has 1 heterocycles. The van der Waals surface area contributed by atoms with E-state index in [9.17, 15) is 4.79 Å². The van der Waals surface area contributed by atoms with Gasteiger partial charge in [-0.2, -0.15) is 5.10 Å². The molecule has 136 valence electrons. The van der Waals surface area contributed by atoms with Crippen molar-refractivity contribution in [3.05, 3.63) is 46.2 Å². The Morgan fingerprint density at radius 1 is 1.24 bits per heavy atom. The summed E-state index contributed by atoms with van der Waals surface area (Å²) in [6, 6.07) is 7.49. The predicted molar refractivity (Wildman–Crippen MR) is 102 cm³/mol. The number of nitrogens with zero attached hydrogens (tertiary/aromatic N) is 2. The molecule has 0 aliphatic rings. The number of rotatable bonds is 7. The zero-order valence-corrected chi connectivity index (χ0v) is 16.2. The van der Waals surface area contributed by atoms with Crippen LogP contribution in [0.3, 0.4) is 0 Å². The fourth-order valence-corrected chi connectivity index (χ4v) is 3.16. The maximum absolute atomic E-state index is 12.6. The highest BCUT2D eigenvalue weighted by molar-refractivity contribution is 6.30. The Bertz CT molecular complexity index is 724. The van der Waals surface area contributed by atoms with Crippen molar-refractivity contribution in [2.75, 3.05) is 6.54 Å². The van der Waals surface area contributed by atoms with Crippen LogP contribution in [0.2, 0.25) is 5.02 Å². The van der Waals surface area contributed by atoms with Gasteiger partial charge in [-0.3, -0.25) is 4.79 Å². The van der Waals surface area contributed by atoms with Gasteiger partial charge >= 0.3 is 0 Å². The molecule has 0 saturated heterocycles. The van der Waals surface area contributed by atoms with Crippen molar-refractivity contribution >= 4 is 17.5 Å². The van der Waals surface area contributed by atoms with Crippen LogP contribution in [0.1, 0.15) is 43.6 Å². The molecule has 5 nitrogen and oxygen atoms in total. The van der Waals surface area contributed by atoms with Gasteiger partial charge in [-0.25, -0.2) is 4.68 Å². The SMILES string of the molecule is CCC(CC)(CN)NC(=O)Cc1c(C)nn(-c2ccc(Cl)cc2)c1C. The molecule has 2 aromatic rings. The molecular formula is C19H27ClN4O. The zero-order valence-electron chi connectivity index (χ0n) is 15.4. The molecule has 0 unspecified atom stereocenters. The number of nitrogens with one attached hydrogen (secondary N) is 1. The van der Waals surface area contributed by atoms with Crippen molar-refractivity contribution in [1.29, 1.82) is 0 Å². The third-order valence-electron chi connectivity index (χ3n) is 5.00. The molecule has 0 atom stereocenters. The maximum atomic E-state index is 12.6. The number of hydrogen-bond donors (Lipinski definition) is 2. The Kier molecular flexibility index (Phi) is 6.25. The fraction of sp³-hybridized carbons (Fsp3) is 0.474. The van der Waals surface area contributed by atoms with Gasteiger partial charge in [0.25, 0.3) is 0 Å². The topological polar surface area (TPSA) is 72.9 Å². The summed E-state index contributed by atoms with van der Waals surface area (Å²) in [5.74, 6) is -0.0176. The lowest BCUT2D eigenvalue weighted by Gasteiger charge is -2.31. The largest absolute Gasteiger partial charge is 0.349 e. The molecule has 1 aromatic carbocycles. The van der Waals surface area contributed by atoms with Gasteiger partial charge in [0.15, 0.2) is 0 Å². The molecular weight excluding hydrogens is 336 g/mol. The Balaban J connectivity index is 2.23. The molecule has 0 radical (unpaired) electrons. The maximum Gasteiger partial charge on any atom is 0.225 e. The second kappa shape index (κ2) is 8.02. The van der Waals surface area contributed by atoms with E-state index in [-0.39, 0.29) is 11.4 Å². The van der Waals surface area contributed by atoms with E-state index in [4.69, 9.17) is 17.3 Å². The summed E-state index contributed by atoms with van der Waals surface area (Å²) in [4.78, 5) is 12.6. The highest BCUT2D eigenvalue weighted by atomic mass is 35.5. The monoisotopic (exact) mass is 362 g/mol. The number of amides is 1. The second-order valence-electron chi connectivity index (χ2n) is 6.45. The number of halogens is 1. The molecule has 0 saturated carbocycles. The lowest BCUT2D eigenvalue weighted by Crippen LogP contribution is -2.53. The number of carbonyl (C=O) groups excluding carboxylic acids is 1. The number of hydrogen-bond acceptors (Lipinski definition) is 3. The standard InChI is InChI=1S/C19H27ClN4O/c1-5-19(6-2,12-21)22-18(25)11-17-13(3)23-24(14(17)4)16-9-7-15(20)8-10-16/h7-10H,5-6,11-12,21H2,1-4H3,(H,22,25). The van der Waals surface area contributed by atoms with E-state index in [1.54, 1.807) is 0 Å². The highest BCUT2D eigenvalue weighted by Gasteiger charge is 2.27. The van der Waals surface area contributed by atoms with Gasteiger partial charge in [0.2, 0.25) is 5.91 Å². The summed E-state index contributed by atoms with van der Waals surface area (Å²) in [6.45, 7) is 8.44. The summed E-state index contributed by atoms with van der Waals surface area (Å²) < 4.78 is 1.85. The molecule has 2 rings (SSSR count). The molecule has 0 aliphatic carbocycles. The first-order valence-electron chi connectivity index (χ1n) is 8.68. The van der Waals surface area contributed by atoms with Gasteiger partial charge in [0, 0.05) is 22.8 Å². The van der Waals surface area contributed by atoms with Crippen molar-refractivity contribution in [2.24, 2.45) is 5.73 Å². The summed E-state index contributed by atoms with van der Waals surface area (Å²) >= 11 is 5.95. The smallest absolute Gasteiger partial charge is 0.225 e. The van der Waals surface area contributed by atoms with Crippen LogP contribution in [0.5, 0.6) is 0 Å². The Labute approximate surface area is 154 Å². The zero-order chi connectivity index (χ0) is 18.6. The minimum atomic E-state index is -0.328. The molecule has 6 heteroatoms. The molecule has 0 bridgehead atoms. The van der Waals surface area contributed by atoms with Crippen molar-refractivity contribution < 1.29 is 4.79 Å². The first-order valence-corrected chi connectivity index (χ1v) is 9.05. The quantitative estimate of drug-likeness (QED) is 0.793. The Morgan fingerprint density at radius 3 is 2.36 bits per heavy atom. The number of benzene rings is 1. The summed E-state index contributed by atoms with van der Waals surface area (Å²) in [7, 11) is 0. The van der Waals surface area contributed by atoms with Gasteiger partial charge in [-0.15, -0.1) is 0 Å². The molecule has 3 N–H and O–H groups in total. The van der Waals surface area contributed by atoms with Crippen LogP contribution >= 0.6 is 11.6 Å². The first kappa shape index (κ1) is 19.5. The number of aryl methyl sites for hydroxylation is 1. The minimum absolute atomic E-state index is 0.0176. The van der Waals surface area contributed by atoms with Crippen LogP contribution in [0.4, 0.5) is 0 Å². The third-order valence-corrected chi connectivity index (χ3v) is 5.25. The van der Waals surface area contributed by atoms with E-state index >= 15 is 0 Å². The van der Waals surface area contributed by atoms with Gasteiger partial charge in [-0.1, -0.05) is 25.4 Å². The first-order chi connectivity index (χ1) is 11.9. The number of carbonyl (C=O) groups is 1. The normalized spacial score (nSPS) is 11.6. The van der Waals surface area contributed by atoms with E-state index in [1.165, 1.54) is 0 Å². The second-order valence-corrected chi connectivity index (χ2v) is 6.89. The molecule has 0 spiro atoms. The van der Waals surface area contributed by atoms with Crippen LogP contribution < -0.4 is 11.1 Å². The van der Waals surface area contributed by atoms with Crippen molar-refractivity contribution in [3.8, 4) is 5.69 Å². The lowest BCUT2D eigenvalue weighted by atomic mass is 9.92. The van der Waals surface area contributed by atoms with E-state index in [2.05, 4.69) is 10.4 Å². The van der Waals surface area contributed by atoms with Crippen molar-refractivity contribution in [2.45, 2.75) is 52.5 Å². The van der Waals surface area contributed by atoms with E-state index < -0.39 is 0 Å². The molecule has 25 heavy (non-hydrogen) atoms. The van der Waals surface area contributed by atoms with Gasteiger partial charge < -0.3 is 11.1 Å². The highest BCUT2D eigenvalue weighted by Crippen LogP contribution is 2.21. The third kappa shape index (κ3) is 4.22. The van der Waals surface area contributed by atoms with Crippen molar-refractivity contribution in [3.63, 3.8) is 0 Å².